The van der Waals surface area contributed by atoms with E-state index in [2.05, 4.69) is 38.7 Å². The largest absolute Gasteiger partial charge is 0.496 e. The predicted octanol–water partition coefficient (Wildman–Crippen LogP) is 2.55. The minimum absolute atomic E-state index is 0. The highest BCUT2D eigenvalue weighted by Crippen LogP contribution is 2.21. The van der Waals surface area contributed by atoms with Gasteiger partial charge < -0.3 is 20.3 Å². The number of nitrogens with zero attached hydrogens (tertiary/aromatic N) is 2. The molecule has 6 nitrogen and oxygen atoms in total. The van der Waals surface area contributed by atoms with Gasteiger partial charge in [-0.15, -0.1) is 24.0 Å². The third-order valence-electron chi connectivity index (χ3n) is 4.80. The van der Waals surface area contributed by atoms with Crippen molar-refractivity contribution in [2.24, 2.45) is 10.9 Å². The van der Waals surface area contributed by atoms with Gasteiger partial charge in [-0.2, -0.15) is 0 Å². The lowest BCUT2D eigenvalue weighted by Gasteiger charge is -2.34. The van der Waals surface area contributed by atoms with E-state index in [1.807, 2.05) is 14.0 Å². The van der Waals surface area contributed by atoms with Crippen molar-refractivity contribution >= 4 is 35.8 Å². The number of carbonyl (C=O) groups is 1. The van der Waals surface area contributed by atoms with E-state index in [9.17, 15) is 4.79 Å². The topological polar surface area (TPSA) is 66.0 Å². The Balaban J connectivity index is 0.00000338. The average Bonchev–Trinajstić information content (AvgIpc) is 2.64. The molecule has 0 saturated carbocycles. The highest BCUT2D eigenvalue weighted by Gasteiger charge is 2.23. The molecule has 0 unspecified atom stereocenters. The minimum Gasteiger partial charge on any atom is -0.496 e. The molecule has 1 saturated heterocycles. The summed E-state index contributed by atoms with van der Waals surface area (Å²) in [7, 11) is 5.21. The van der Waals surface area contributed by atoms with Crippen LogP contribution in [0.2, 0.25) is 0 Å². The van der Waals surface area contributed by atoms with Crippen LogP contribution in [0.3, 0.4) is 0 Å². The standard InChI is InChI=1S/C19H30N4O2.HI/c1-14-5-6-16(11-17(14)25-4)13-22-19(21-3)23-9-7-15(8-10-23)12-18(24)20-2;/h5-6,11,15H,7-10,12-13H2,1-4H3,(H,20,24)(H,21,22);1H. The van der Waals surface area contributed by atoms with Crippen LogP contribution >= 0.6 is 24.0 Å². The zero-order chi connectivity index (χ0) is 18.2. The van der Waals surface area contributed by atoms with Crippen molar-refractivity contribution in [3.05, 3.63) is 29.3 Å². The number of halogens is 1. The number of aliphatic imine (C=N–C) groups is 1. The summed E-state index contributed by atoms with van der Waals surface area (Å²) in [5.74, 6) is 2.42. The smallest absolute Gasteiger partial charge is 0.220 e. The number of aryl methyl sites for hydroxylation is 1. The van der Waals surface area contributed by atoms with Gasteiger partial charge in [-0.1, -0.05) is 12.1 Å². The SMILES string of the molecule is CN=C(NCc1ccc(C)c(OC)c1)N1CCC(CC(=O)NC)CC1.I. The summed E-state index contributed by atoms with van der Waals surface area (Å²) in [6, 6.07) is 6.24. The summed E-state index contributed by atoms with van der Waals surface area (Å²) < 4.78 is 5.39. The lowest BCUT2D eigenvalue weighted by Crippen LogP contribution is -2.45. The maximum atomic E-state index is 11.5. The van der Waals surface area contributed by atoms with Crippen molar-refractivity contribution in [1.29, 1.82) is 0 Å². The Bertz CT molecular complexity index is 614. The number of ether oxygens (including phenoxy) is 1. The normalized spacial score (nSPS) is 15.2. The number of hydrogen-bond acceptors (Lipinski definition) is 3. The van der Waals surface area contributed by atoms with Crippen LogP contribution in [0.15, 0.2) is 23.2 Å². The first-order valence-corrected chi connectivity index (χ1v) is 8.87. The fourth-order valence-electron chi connectivity index (χ4n) is 3.20. The molecular formula is C19H31IN4O2. The van der Waals surface area contributed by atoms with Crippen LogP contribution in [0.25, 0.3) is 0 Å². The summed E-state index contributed by atoms with van der Waals surface area (Å²) >= 11 is 0. The van der Waals surface area contributed by atoms with Gasteiger partial charge in [0.1, 0.15) is 5.75 Å². The van der Waals surface area contributed by atoms with Crippen molar-refractivity contribution in [3.63, 3.8) is 0 Å². The molecule has 1 fully saturated rings. The molecule has 1 heterocycles. The zero-order valence-corrected chi connectivity index (χ0v) is 18.5. The number of amides is 1. The van der Waals surface area contributed by atoms with Crippen molar-refractivity contribution in [3.8, 4) is 5.75 Å². The van der Waals surface area contributed by atoms with Gasteiger partial charge in [0, 0.05) is 40.2 Å². The summed E-state index contributed by atoms with van der Waals surface area (Å²) in [6.07, 6.45) is 2.67. The molecule has 1 aromatic carbocycles. The first kappa shape index (κ1) is 22.5. The molecule has 7 heteroatoms. The number of benzene rings is 1. The number of hydrogen-bond donors (Lipinski definition) is 2. The van der Waals surface area contributed by atoms with Gasteiger partial charge in [-0.3, -0.25) is 9.79 Å². The Labute approximate surface area is 173 Å². The fraction of sp³-hybridized carbons (Fsp3) is 0.579. The number of piperidine rings is 1. The highest BCUT2D eigenvalue weighted by atomic mass is 127. The third-order valence-corrected chi connectivity index (χ3v) is 4.80. The molecule has 0 aliphatic carbocycles. The first-order valence-electron chi connectivity index (χ1n) is 8.87. The Kier molecular flexibility index (Phi) is 9.75. The molecule has 146 valence electrons. The van der Waals surface area contributed by atoms with Gasteiger partial charge in [0.2, 0.25) is 5.91 Å². The molecule has 0 aromatic heterocycles. The molecule has 2 rings (SSSR count). The molecule has 1 aliphatic heterocycles. The van der Waals surface area contributed by atoms with Crippen molar-refractivity contribution in [2.75, 3.05) is 34.3 Å². The van der Waals surface area contributed by atoms with Gasteiger partial charge in [0.15, 0.2) is 5.96 Å². The first-order chi connectivity index (χ1) is 12.1. The molecule has 0 spiro atoms. The summed E-state index contributed by atoms with van der Waals surface area (Å²) in [6.45, 7) is 4.61. The van der Waals surface area contributed by atoms with Crippen molar-refractivity contribution in [1.82, 2.24) is 15.5 Å². The van der Waals surface area contributed by atoms with Gasteiger partial charge in [0.25, 0.3) is 0 Å². The van der Waals surface area contributed by atoms with Crippen LogP contribution in [0.4, 0.5) is 0 Å². The van der Waals surface area contributed by atoms with Crippen LogP contribution in [-0.2, 0) is 11.3 Å². The predicted molar refractivity (Wildman–Crippen MR) is 116 cm³/mol. The van der Waals surface area contributed by atoms with E-state index < -0.39 is 0 Å². The quantitative estimate of drug-likeness (QED) is 0.391. The van der Waals surface area contributed by atoms with Gasteiger partial charge in [0.05, 0.1) is 7.11 Å². The molecule has 2 N–H and O–H groups in total. The van der Waals surface area contributed by atoms with Crippen LogP contribution in [0.5, 0.6) is 5.75 Å². The number of methoxy groups -OCH3 is 1. The number of carbonyl (C=O) groups excluding carboxylic acids is 1. The van der Waals surface area contributed by atoms with Gasteiger partial charge in [-0.25, -0.2) is 0 Å². The maximum absolute atomic E-state index is 11.5. The molecular weight excluding hydrogens is 443 g/mol. The van der Waals surface area contributed by atoms with Gasteiger partial charge in [-0.05, 0) is 42.9 Å². The molecule has 0 radical (unpaired) electrons. The highest BCUT2D eigenvalue weighted by molar-refractivity contribution is 14.0. The molecule has 0 atom stereocenters. The van der Waals surface area contributed by atoms with Crippen LogP contribution in [0, 0.1) is 12.8 Å². The van der Waals surface area contributed by atoms with Crippen molar-refractivity contribution < 1.29 is 9.53 Å². The number of nitrogens with one attached hydrogen (secondary N) is 2. The summed E-state index contributed by atoms with van der Waals surface area (Å²) in [5.41, 5.74) is 2.30. The van der Waals surface area contributed by atoms with E-state index in [-0.39, 0.29) is 29.9 Å². The number of likely N-dealkylation sites (tertiary alicyclic amines) is 1. The van der Waals surface area contributed by atoms with Gasteiger partial charge >= 0.3 is 0 Å². The Morgan fingerprint density at radius 2 is 2.04 bits per heavy atom. The Hall–Kier alpha value is -1.51. The van der Waals surface area contributed by atoms with Crippen molar-refractivity contribution in [2.45, 2.75) is 32.7 Å². The molecule has 1 aliphatic rings. The Morgan fingerprint density at radius 3 is 2.62 bits per heavy atom. The van der Waals surface area contributed by atoms with E-state index >= 15 is 0 Å². The molecule has 1 amide bonds. The van der Waals surface area contributed by atoms with E-state index in [1.165, 1.54) is 0 Å². The van der Waals surface area contributed by atoms with Crippen LogP contribution < -0.4 is 15.4 Å². The monoisotopic (exact) mass is 474 g/mol. The van der Waals surface area contributed by atoms with E-state index in [0.717, 1.165) is 48.8 Å². The maximum Gasteiger partial charge on any atom is 0.220 e. The van der Waals surface area contributed by atoms with E-state index in [4.69, 9.17) is 4.74 Å². The lowest BCUT2D eigenvalue weighted by molar-refractivity contribution is -0.121. The zero-order valence-electron chi connectivity index (χ0n) is 16.2. The summed E-state index contributed by atoms with van der Waals surface area (Å²) in [5, 5.41) is 6.14. The van der Waals surface area contributed by atoms with Crippen LogP contribution in [-0.4, -0.2) is 51.1 Å². The number of rotatable bonds is 5. The fourth-order valence-corrected chi connectivity index (χ4v) is 3.20. The third kappa shape index (κ3) is 6.34. The van der Waals surface area contributed by atoms with Crippen LogP contribution in [0.1, 0.15) is 30.4 Å². The average molecular weight is 474 g/mol. The minimum atomic E-state index is 0. The number of guanidine groups is 1. The molecule has 1 aromatic rings. The molecule has 26 heavy (non-hydrogen) atoms. The Morgan fingerprint density at radius 1 is 1.35 bits per heavy atom. The second-order valence-corrected chi connectivity index (χ2v) is 6.51. The lowest BCUT2D eigenvalue weighted by atomic mass is 9.93. The second-order valence-electron chi connectivity index (χ2n) is 6.51. The van der Waals surface area contributed by atoms with E-state index in [0.29, 0.717) is 18.9 Å². The molecule has 0 bridgehead atoms. The van der Waals surface area contributed by atoms with E-state index in [1.54, 1.807) is 14.2 Å². The summed E-state index contributed by atoms with van der Waals surface area (Å²) in [4.78, 5) is 18.2. The second kappa shape index (κ2) is 11.3.